The third kappa shape index (κ3) is 3.33. The van der Waals surface area contributed by atoms with Gasteiger partial charge in [-0.05, 0) is 31.1 Å². The Morgan fingerprint density at radius 3 is 2.40 bits per heavy atom. The summed E-state index contributed by atoms with van der Waals surface area (Å²) in [6.07, 6.45) is 9.82. The lowest BCUT2D eigenvalue weighted by Crippen LogP contribution is -2.60. The topological polar surface area (TPSA) is 66.4 Å². The molecule has 2 aliphatic rings. The average molecular weight is 281 g/mol. The van der Waals surface area contributed by atoms with Crippen LogP contribution in [0.2, 0.25) is 0 Å². The van der Waals surface area contributed by atoms with Crippen LogP contribution in [0, 0.1) is 11.8 Å². The lowest BCUT2D eigenvalue weighted by molar-refractivity contribution is -0.152. The zero-order chi connectivity index (χ0) is 14.6. The maximum atomic E-state index is 12.1. The minimum Gasteiger partial charge on any atom is -0.479 e. The lowest BCUT2D eigenvalue weighted by Gasteiger charge is -2.39. The van der Waals surface area contributed by atoms with Gasteiger partial charge in [-0.1, -0.05) is 45.4 Å². The van der Waals surface area contributed by atoms with Gasteiger partial charge in [0.2, 0.25) is 5.91 Å². The number of carbonyl (C=O) groups is 2. The van der Waals surface area contributed by atoms with Crippen LogP contribution in [0.25, 0.3) is 0 Å². The zero-order valence-electron chi connectivity index (χ0n) is 12.5. The average Bonchev–Trinajstić information content (AvgIpc) is 2.92. The molecule has 0 radical (unpaired) electrons. The molecule has 2 aliphatic carbocycles. The molecule has 0 aromatic rings. The van der Waals surface area contributed by atoms with E-state index in [9.17, 15) is 14.7 Å². The summed E-state index contributed by atoms with van der Waals surface area (Å²) in [5, 5.41) is 12.4. The van der Waals surface area contributed by atoms with Gasteiger partial charge in [0.1, 0.15) is 5.54 Å². The van der Waals surface area contributed by atoms with E-state index in [-0.39, 0.29) is 11.8 Å². The van der Waals surface area contributed by atoms with E-state index in [4.69, 9.17) is 0 Å². The van der Waals surface area contributed by atoms with Crippen molar-refractivity contribution in [1.82, 2.24) is 5.32 Å². The molecule has 0 aliphatic heterocycles. The minimum atomic E-state index is -1.02. The highest BCUT2D eigenvalue weighted by atomic mass is 16.4. The van der Waals surface area contributed by atoms with E-state index in [0.29, 0.717) is 18.8 Å². The van der Waals surface area contributed by atoms with E-state index in [1.54, 1.807) is 0 Å². The third-order valence-electron chi connectivity index (χ3n) is 5.30. The van der Waals surface area contributed by atoms with Crippen molar-refractivity contribution in [3.63, 3.8) is 0 Å². The molecule has 2 atom stereocenters. The summed E-state index contributed by atoms with van der Waals surface area (Å²) in [7, 11) is 0. The van der Waals surface area contributed by atoms with Gasteiger partial charge in [-0.15, -0.1) is 0 Å². The summed E-state index contributed by atoms with van der Waals surface area (Å²) >= 11 is 0. The van der Waals surface area contributed by atoms with Crippen LogP contribution in [0.1, 0.15) is 71.1 Å². The first kappa shape index (κ1) is 15.3. The van der Waals surface area contributed by atoms with Gasteiger partial charge >= 0.3 is 5.97 Å². The Balaban J connectivity index is 1.90. The number of hydrogen-bond donors (Lipinski definition) is 2. The second-order valence-electron chi connectivity index (χ2n) is 6.66. The summed E-state index contributed by atoms with van der Waals surface area (Å²) < 4.78 is 0. The number of nitrogens with one attached hydrogen (secondary N) is 1. The molecule has 2 unspecified atom stereocenters. The Bertz CT molecular complexity index is 363. The normalized spacial score (nSPS) is 31.1. The van der Waals surface area contributed by atoms with Crippen LogP contribution >= 0.6 is 0 Å². The number of carboxylic acid groups (broad SMARTS) is 1. The molecule has 0 spiro atoms. The van der Waals surface area contributed by atoms with E-state index in [0.717, 1.165) is 25.7 Å². The van der Waals surface area contributed by atoms with Gasteiger partial charge in [0.15, 0.2) is 0 Å². The molecule has 114 valence electrons. The van der Waals surface area contributed by atoms with Gasteiger partial charge in [0.05, 0.1) is 0 Å². The second kappa shape index (κ2) is 6.59. The van der Waals surface area contributed by atoms with Crippen molar-refractivity contribution in [3.05, 3.63) is 0 Å². The SMILES string of the molecule is CC1CCCCC1(NC(=O)CCC1CCCC1)C(=O)O. The molecule has 2 N–H and O–H groups in total. The van der Waals surface area contributed by atoms with Crippen LogP contribution in [-0.4, -0.2) is 22.5 Å². The summed E-state index contributed by atoms with van der Waals surface area (Å²) in [6, 6.07) is 0. The predicted molar refractivity (Wildman–Crippen MR) is 77.3 cm³/mol. The van der Waals surface area contributed by atoms with E-state index in [1.165, 1.54) is 25.7 Å². The van der Waals surface area contributed by atoms with Crippen molar-refractivity contribution in [2.24, 2.45) is 11.8 Å². The molecule has 0 bridgehead atoms. The molecule has 1 amide bonds. The van der Waals surface area contributed by atoms with E-state index in [2.05, 4.69) is 5.32 Å². The molecule has 0 aromatic carbocycles. The Kier molecular flexibility index (Phi) is 5.06. The highest BCUT2D eigenvalue weighted by molar-refractivity contribution is 5.87. The van der Waals surface area contributed by atoms with Crippen molar-refractivity contribution >= 4 is 11.9 Å². The molecule has 2 rings (SSSR count). The fourth-order valence-electron chi connectivity index (χ4n) is 3.85. The molecule has 4 heteroatoms. The molecule has 0 saturated heterocycles. The van der Waals surface area contributed by atoms with Crippen molar-refractivity contribution in [3.8, 4) is 0 Å². The van der Waals surface area contributed by atoms with Crippen LogP contribution in [-0.2, 0) is 9.59 Å². The van der Waals surface area contributed by atoms with E-state index < -0.39 is 11.5 Å². The molecule has 20 heavy (non-hydrogen) atoms. The summed E-state index contributed by atoms with van der Waals surface area (Å²) in [4.78, 5) is 23.8. The fraction of sp³-hybridized carbons (Fsp3) is 0.875. The number of hydrogen-bond acceptors (Lipinski definition) is 2. The first-order valence-electron chi connectivity index (χ1n) is 8.09. The van der Waals surface area contributed by atoms with Crippen LogP contribution in [0.3, 0.4) is 0 Å². The van der Waals surface area contributed by atoms with Crippen LogP contribution in [0.15, 0.2) is 0 Å². The first-order chi connectivity index (χ1) is 9.54. The Hall–Kier alpha value is -1.06. The fourth-order valence-corrected chi connectivity index (χ4v) is 3.85. The van der Waals surface area contributed by atoms with Gasteiger partial charge in [-0.3, -0.25) is 4.79 Å². The van der Waals surface area contributed by atoms with Gasteiger partial charge in [0, 0.05) is 6.42 Å². The lowest BCUT2D eigenvalue weighted by atomic mass is 9.73. The van der Waals surface area contributed by atoms with Crippen molar-refractivity contribution < 1.29 is 14.7 Å². The maximum absolute atomic E-state index is 12.1. The number of carbonyl (C=O) groups excluding carboxylic acids is 1. The standard InChI is InChI=1S/C16H27NO3/c1-12-6-4-5-11-16(12,15(19)20)17-14(18)10-9-13-7-2-3-8-13/h12-13H,2-11H2,1H3,(H,17,18)(H,19,20). The number of aliphatic carboxylic acids is 1. The molecule has 0 heterocycles. The number of carboxylic acids is 1. The van der Waals surface area contributed by atoms with E-state index >= 15 is 0 Å². The molecule has 4 nitrogen and oxygen atoms in total. The Morgan fingerprint density at radius 2 is 1.80 bits per heavy atom. The van der Waals surface area contributed by atoms with E-state index in [1.807, 2.05) is 6.92 Å². The number of rotatable bonds is 5. The van der Waals surface area contributed by atoms with Crippen molar-refractivity contribution in [2.75, 3.05) is 0 Å². The highest BCUT2D eigenvalue weighted by Gasteiger charge is 2.46. The van der Waals surface area contributed by atoms with Crippen LogP contribution in [0.5, 0.6) is 0 Å². The smallest absolute Gasteiger partial charge is 0.329 e. The van der Waals surface area contributed by atoms with Crippen LogP contribution < -0.4 is 5.32 Å². The second-order valence-corrected chi connectivity index (χ2v) is 6.66. The number of amides is 1. The van der Waals surface area contributed by atoms with Gasteiger partial charge < -0.3 is 10.4 Å². The monoisotopic (exact) mass is 281 g/mol. The predicted octanol–water partition coefficient (Wildman–Crippen LogP) is 3.11. The maximum Gasteiger partial charge on any atom is 0.329 e. The first-order valence-corrected chi connectivity index (χ1v) is 8.09. The summed E-state index contributed by atoms with van der Waals surface area (Å²) in [5.41, 5.74) is -1.02. The highest BCUT2D eigenvalue weighted by Crippen LogP contribution is 2.34. The third-order valence-corrected chi connectivity index (χ3v) is 5.30. The quantitative estimate of drug-likeness (QED) is 0.813. The molecular formula is C16H27NO3. The summed E-state index contributed by atoms with van der Waals surface area (Å²) in [5.74, 6) is -0.249. The van der Waals surface area contributed by atoms with Crippen molar-refractivity contribution in [2.45, 2.75) is 76.7 Å². The van der Waals surface area contributed by atoms with Gasteiger partial charge in [0.25, 0.3) is 0 Å². The largest absolute Gasteiger partial charge is 0.479 e. The van der Waals surface area contributed by atoms with Gasteiger partial charge in [-0.25, -0.2) is 4.79 Å². The molecular weight excluding hydrogens is 254 g/mol. The van der Waals surface area contributed by atoms with Crippen molar-refractivity contribution in [1.29, 1.82) is 0 Å². The molecule has 2 saturated carbocycles. The Labute approximate surface area is 121 Å². The van der Waals surface area contributed by atoms with Crippen LogP contribution in [0.4, 0.5) is 0 Å². The summed E-state index contributed by atoms with van der Waals surface area (Å²) in [6.45, 7) is 1.95. The Morgan fingerprint density at radius 1 is 1.15 bits per heavy atom. The molecule has 0 aromatic heterocycles. The minimum absolute atomic E-state index is 0.0178. The molecule has 2 fully saturated rings. The van der Waals surface area contributed by atoms with Gasteiger partial charge in [-0.2, -0.15) is 0 Å². The zero-order valence-corrected chi connectivity index (χ0v) is 12.5.